The van der Waals surface area contributed by atoms with E-state index in [1.165, 1.54) is 23.5 Å². The molecule has 0 spiro atoms. The molecule has 16 heteroatoms. The summed E-state index contributed by atoms with van der Waals surface area (Å²) in [5.41, 5.74) is -2.41. The van der Waals surface area contributed by atoms with Gasteiger partial charge in [-0.05, 0) is 12.1 Å². The van der Waals surface area contributed by atoms with Crippen molar-refractivity contribution in [2.45, 2.75) is 18.1 Å². The topological polar surface area (TPSA) is 54.0 Å². The number of carbonyl (C=O) groups is 1. The minimum absolute atomic E-state index is 0.539. The molecule has 33 heavy (non-hydrogen) atoms. The lowest BCUT2D eigenvalue weighted by molar-refractivity contribution is -0.275. The third kappa shape index (κ3) is 6.43. The van der Waals surface area contributed by atoms with Crippen LogP contribution in [0.15, 0.2) is 18.2 Å². The lowest BCUT2D eigenvalue weighted by Gasteiger charge is -2.25. The number of alkyl halides is 5. The molecule has 2 rings (SSSR count). The van der Waals surface area contributed by atoms with Gasteiger partial charge in [0.1, 0.15) is 34.9 Å². The lowest BCUT2D eigenvalue weighted by atomic mass is 9.52. The van der Waals surface area contributed by atoms with Crippen molar-refractivity contribution in [3.63, 3.8) is 0 Å². The van der Waals surface area contributed by atoms with E-state index in [-0.39, 0.29) is 0 Å². The summed E-state index contributed by atoms with van der Waals surface area (Å²) in [6, 6.07) is 1.97. The molecule has 0 aliphatic rings. The van der Waals surface area contributed by atoms with Gasteiger partial charge in [-0.1, -0.05) is 11.6 Å². The average molecular weight is 498 g/mol. The summed E-state index contributed by atoms with van der Waals surface area (Å²) < 4.78 is 112. The number of halogens is 8. The van der Waals surface area contributed by atoms with Crippen LogP contribution < -0.4 is 14.2 Å². The SMILES string of the molecule is BC(B)(B)Oc1c(Oc2cc(Cl)c(C(F)F)c(F)c2C(=O)OC)ccc(OC(F)(F)F)c1F. The molecule has 2 aromatic rings. The molecule has 0 amide bonds. The fraction of sp³-hybridized carbons (Fsp3) is 0.235. The zero-order chi connectivity index (χ0) is 25.3. The molecule has 5 nitrogen and oxygen atoms in total. The van der Waals surface area contributed by atoms with E-state index in [0.29, 0.717) is 12.1 Å². The van der Waals surface area contributed by atoms with E-state index in [1.807, 2.05) is 0 Å². The van der Waals surface area contributed by atoms with Gasteiger partial charge < -0.3 is 18.9 Å². The number of ether oxygens (including phenoxy) is 4. The molecule has 0 fully saturated rings. The van der Waals surface area contributed by atoms with Gasteiger partial charge >= 0.3 is 12.3 Å². The van der Waals surface area contributed by atoms with Crippen molar-refractivity contribution in [3.8, 4) is 23.0 Å². The molecule has 0 atom stereocenters. The van der Waals surface area contributed by atoms with Crippen molar-refractivity contribution in [2.75, 3.05) is 7.11 Å². The molecule has 176 valence electrons. The number of methoxy groups -OCH3 is 1. The first-order chi connectivity index (χ1) is 15.1. The van der Waals surface area contributed by atoms with E-state index < -0.39 is 74.8 Å². The van der Waals surface area contributed by atoms with Crippen LogP contribution in [0.3, 0.4) is 0 Å². The highest BCUT2D eigenvalue weighted by molar-refractivity contribution is 6.58. The van der Waals surface area contributed by atoms with Gasteiger partial charge in [0.25, 0.3) is 6.43 Å². The third-order valence-electron chi connectivity index (χ3n) is 3.70. The van der Waals surface area contributed by atoms with E-state index in [9.17, 15) is 35.5 Å². The Kier molecular flexibility index (Phi) is 7.77. The van der Waals surface area contributed by atoms with Crippen LogP contribution in [0.4, 0.5) is 30.7 Å². The molecule has 0 heterocycles. The average Bonchev–Trinajstić information content (AvgIpc) is 2.64. The second-order valence-electron chi connectivity index (χ2n) is 7.32. The van der Waals surface area contributed by atoms with E-state index in [1.54, 1.807) is 0 Å². The number of benzene rings is 2. The Labute approximate surface area is 190 Å². The van der Waals surface area contributed by atoms with Gasteiger partial charge in [-0.3, -0.25) is 0 Å². The van der Waals surface area contributed by atoms with Crippen LogP contribution in [0, 0.1) is 11.6 Å². The van der Waals surface area contributed by atoms with Crippen LogP contribution >= 0.6 is 11.6 Å². The van der Waals surface area contributed by atoms with E-state index in [0.717, 1.165) is 13.2 Å². The minimum Gasteiger partial charge on any atom is -0.508 e. The minimum atomic E-state index is -5.23. The van der Waals surface area contributed by atoms with Gasteiger partial charge in [-0.25, -0.2) is 18.0 Å². The number of hydrogen-bond donors (Lipinski definition) is 0. The van der Waals surface area contributed by atoms with Gasteiger partial charge in [0.15, 0.2) is 23.1 Å². The first-order valence-corrected chi connectivity index (χ1v) is 9.27. The Hall–Kier alpha value is -2.70. The summed E-state index contributed by atoms with van der Waals surface area (Å²) in [7, 11) is 5.13. The number of hydrogen-bond acceptors (Lipinski definition) is 5. The zero-order valence-electron chi connectivity index (χ0n) is 17.4. The number of rotatable bonds is 7. The van der Waals surface area contributed by atoms with Crippen LogP contribution in [0.1, 0.15) is 22.3 Å². The molecule has 0 saturated heterocycles. The van der Waals surface area contributed by atoms with Crippen molar-refractivity contribution < 1.29 is 54.5 Å². The molecule has 0 aliphatic heterocycles. The third-order valence-corrected chi connectivity index (χ3v) is 4.02. The van der Waals surface area contributed by atoms with Gasteiger partial charge in [0, 0.05) is 11.4 Å². The maximum atomic E-state index is 14.8. The van der Waals surface area contributed by atoms with Crippen molar-refractivity contribution >= 4 is 41.1 Å². The first kappa shape index (κ1) is 26.6. The van der Waals surface area contributed by atoms with Crippen LogP contribution in [-0.2, 0) is 4.74 Å². The Morgan fingerprint density at radius 2 is 1.58 bits per heavy atom. The highest BCUT2D eigenvalue weighted by Crippen LogP contribution is 2.44. The maximum Gasteiger partial charge on any atom is 0.573 e. The van der Waals surface area contributed by atoms with E-state index in [2.05, 4.69) is 9.47 Å². The Bertz CT molecular complexity index is 1060. The summed E-state index contributed by atoms with van der Waals surface area (Å²) in [4.78, 5) is 12.0. The molecular formula is C17H13B3ClF7O5. The van der Waals surface area contributed by atoms with E-state index >= 15 is 0 Å². The van der Waals surface area contributed by atoms with Gasteiger partial charge in [0.2, 0.25) is 5.82 Å². The van der Waals surface area contributed by atoms with Crippen molar-refractivity contribution in [2.24, 2.45) is 0 Å². The molecule has 0 N–H and O–H groups in total. The van der Waals surface area contributed by atoms with Crippen LogP contribution in [0.2, 0.25) is 5.02 Å². The summed E-state index contributed by atoms with van der Waals surface area (Å²) >= 11 is 5.69. The smallest absolute Gasteiger partial charge is 0.508 e. The lowest BCUT2D eigenvalue weighted by Crippen LogP contribution is -2.38. The van der Waals surface area contributed by atoms with Crippen molar-refractivity contribution in [3.05, 3.63) is 46.0 Å². The molecule has 0 radical (unpaired) electrons. The van der Waals surface area contributed by atoms with Crippen molar-refractivity contribution in [1.29, 1.82) is 0 Å². The van der Waals surface area contributed by atoms with Crippen molar-refractivity contribution in [1.82, 2.24) is 0 Å². The molecule has 2 aromatic carbocycles. The highest BCUT2D eigenvalue weighted by atomic mass is 35.5. The summed E-state index contributed by atoms with van der Waals surface area (Å²) in [5.74, 6) is -8.39. The van der Waals surface area contributed by atoms with Crippen LogP contribution in [-0.4, -0.2) is 48.3 Å². The molecular weight excluding hydrogens is 485 g/mol. The fourth-order valence-electron chi connectivity index (χ4n) is 2.51. The predicted octanol–water partition coefficient (Wildman–Crippen LogP) is 2.92. The molecule has 0 aromatic heterocycles. The quantitative estimate of drug-likeness (QED) is 0.334. The van der Waals surface area contributed by atoms with Crippen LogP contribution in [0.25, 0.3) is 0 Å². The monoisotopic (exact) mass is 498 g/mol. The second kappa shape index (κ2) is 9.66. The number of carbonyl (C=O) groups excluding carboxylic acids is 1. The molecule has 0 aliphatic carbocycles. The maximum absolute atomic E-state index is 14.8. The van der Waals surface area contributed by atoms with Crippen LogP contribution in [0.5, 0.6) is 23.0 Å². The largest absolute Gasteiger partial charge is 0.573 e. The predicted molar refractivity (Wildman–Crippen MR) is 110 cm³/mol. The molecule has 0 unspecified atom stereocenters. The van der Waals surface area contributed by atoms with Gasteiger partial charge in [-0.15, -0.1) is 13.2 Å². The normalized spacial score (nSPS) is 11.9. The summed E-state index contributed by atoms with van der Waals surface area (Å²) in [5, 5.41) is -2.01. The Morgan fingerprint density at radius 1 is 1.00 bits per heavy atom. The first-order valence-electron chi connectivity index (χ1n) is 8.89. The fourth-order valence-corrected chi connectivity index (χ4v) is 2.77. The van der Waals surface area contributed by atoms with Gasteiger partial charge in [0.05, 0.1) is 17.7 Å². The number of esters is 1. The Morgan fingerprint density at radius 3 is 2.06 bits per heavy atom. The summed E-state index contributed by atoms with van der Waals surface area (Å²) in [6.45, 7) is 0. The summed E-state index contributed by atoms with van der Waals surface area (Å²) in [6.07, 6.45) is -8.65. The standard InChI is InChI=1S/C17H13B3ClF7O5/c1-30-15(29)10-8(4-5(21)9(12(10)23)14(24)25)31-7-3-2-6(32-17(26,27)28)11(22)13(7)33-16(18,19)20/h2-4,14H,18-20H2,1H3. The molecule has 0 bridgehead atoms. The Balaban J connectivity index is 2.71. The van der Waals surface area contributed by atoms with E-state index in [4.69, 9.17) is 21.1 Å². The second-order valence-corrected chi connectivity index (χ2v) is 7.73. The van der Waals surface area contributed by atoms with Gasteiger partial charge in [-0.2, -0.15) is 4.39 Å². The zero-order valence-corrected chi connectivity index (χ0v) is 18.1. The highest BCUT2D eigenvalue weighted by Gasteiger charge is 2.35. The molecule has 0 saturated carbocycles.